The van der Waals surface area contributed by atoms with Crippen LogP contribution in [0.1, 0.15) is 0 Å². The summed E-state index contributed by atoms with van der Waals surface area (Å²) in [6.45, 7) is 7.11. The second-order valence-corrected chi connectivity index (χ2v) is 8.44. The Labute approximate surface area is 194 Å². The van der Waals surface area contributed by atoms with Gasteiger partial charge in [-0.1, -0.05) is 18.2 Å². The molecule has 0 N–H and O–H groups in total. The Bertz CT molecular complexity index is 1050. The fraction of sp³-hybridized carbons (Fsp3) is 0.360. The summed E-state index contributed by atoms with van der Waals surface area (Å²) in [7, 11) is 0. The van der Waals surface area contributed by atoms with Crippen molar-refractivity contribution in [3.05, 3.63) is 67.1 Å². The van der Waals surface area contributed by atoms with Crippen molar-refractivity contribution in [3.8, 4) is 11.3 Å². The minimum absolute atomic E-state index is 0.229. The third kappa shape index (κ3) is 5.12. The van der Waals surface area contributed by atoms with Crippen molar-refractivity contribution in [2.24, 2.45) is 0 Å². The van der Waals surface area contributed by atoms with E-state index in [-0.39, 0.29) is 5.91 Å². The van der Waals surface area contributed by atoms with Crippen LogP contribution in [0, 0.1) is 0 Å². The zero-order valence-electron chi connectivity index (χ0n) is 18.8. The van der Waals surface area contributed by atoms with Gasteiger partial charge in [0.05, 0.1) is 12.2 Å². The maximum absolute atomic E-state index is 12.9. The normalized spacial score (nSPS) is 17.3. The van der Waals surface area contributed by atoms with Gasteiger partial charge < -0.3 is 14.7 Å². The van der Waals surface area contributed by atoms with Crippen LogP contribution < -0.4 is 9.80 Å². The summed E-state index contributed by atoms with van der Waals surface area (Å²) in [4.78, 5) is 35.0. The molecule has 2 aliphatic rings. The van der Waals surface area contributed by atoms with Gasteiger partial charge >= 0.3 is 0 Å². The first-order valence-corrected chi connectivity index (χ1v) is 11.5. The highest BCUT2D eigenvalue weighted by Crippen LogP contribution is 2.19. The third-order valence-electron chi connectivity index (χ3n) is 6.39. The molecule has 0 atom stereocenters. The zero-order chi connectivity index (χ0) is 22.5. The van der Waals surface area contributed by atoms with Gasteiger partial charge in [0.1, 0.15) is 0 Å². The van der Waals surface area contributed by atoms with Crippen molar-refractivity contribution in [3.63, 3.8) is 0 Å². The van der Waals surface area contributed by atoms with Gasteiger partial charge in [-0.25, -0.2) is 9.97 Å². The number of hydrogen-bond acceptors (Lipinski definition) is 7. The number of carbonyl (C=O) groups is 1. The first kappa shape index (κ1) is 21.3. The molecule has 8 heteroatoms. The van der Waals surface area contributed by atoms with Crippen molar-refractivity contribution in [1.82, 2.24) is 24.8 Å². The van der Waals surface area contributed by atoms with Crippen LogP contribution in [0.5, 0.6) is 0 Å². The number of carbonyl (C=O) groups excluding carboxylic acids is 1. The fourth-order valence-electron chi connectivity index (χ4n) is 4.43. The quantitative estimate of drug-likeness (QED) is 0.598. The number of pyridine rings is 1. The smallest absolute Gasteiger partial charge is 0.236 e. The number of piperazine rings is 2. The molecule has 170 valence electrons. The number of anilines is 2. The summed E-state index contributed by atoms with van der Waals surface area (Å²) in [6, 6.07) is 16.3. The molecule has 0 radical (unpaired) electrons. The number of nitrogens with zero attached hydrogens (tertiary/aromatic N) is 7. The second-order valence-electron chi connectivity index (χ2n) is 8.44. The minimum Gasteiger partial charge on any atom is -0.368 e. The summed E-state index contributed by atoms with van der Waals surface area (Å²) in [5.74, 6) is 0.972. The molecule has 1 aromatic carbocycles. The average Bonchev–Trinajstić information content (AvgIpc) is 2.90. The lowest BCUT2D eigenvalue weighted by Gasteiger charge is -2.38. The van der Waals surface area contributed by atoms with Crippen molar-refractivity contribution in [1.29, 1.82) is 0 Å². The van der Waals surface area contributed by atoms with Crippen molar-refractivity contribution >= 4 is 17.5 Å². The van der Waals surface area contributed by atoms with Gasteiger partial charge in [-0.05, 0) is 30.3 Å². The van der Waals surface area contributed by atoms with E-state index in [1.54, 1.807) is 12.4 Å². The molecular formula is C25H29N7O. The molecule has 0 spiro atoms. The standard InChI is InChI=1S/C25H29N7O/c33-24(31-18-16-30(17-19-31)22-4-2-1-3-5-22)20-29-12-14-32(15-13-29)25-27-11-8-23(28-25)21-6-9-26-10-7-21/h1-11H,12-20H2. The van der Waals surface area contributed by atoms with Crippen LogP contribution in [0.15, 0.2) is 67.1 Å². The molecule has 4 heterocycles. The zero-order valence-corrected chi connectivity index (χ0v) is 18.8. The van der Waals surface area contributed by atoms with Crippen LogP contribution in [-0.2, 0) is 4.79 Å². The molecule has 0 unspecified atom stereocenters. The van der Waals surface area contributed by atoms with Crippen LogP contribution in [0.2, 0.25) is 0 Å². The highest BCUT2D eigenvalue weighted by Gasteiger charge is 2.25. The number of amides is 1. The number of benzene rings is 1. The van der Waals surface area contributed by atoms with E-state index < -0.39 is 0 Å². The lowest BCUT2D eigenvalue weighted by Crippen LogP contribution is -2.54. The Hall–Kier alpha value is -3.52. The molecule has 3 aromatic rings. The number of rotatable bonds is 5. The highest BCUT2D eigenvalue weighted by molar-refractivity contribution is 5.78. The van der Waals surface area contributed by atoms with Crippen molar-refractivity contribution in [2.75, 3.05) is 68.7 Å². The Morgan fingerprint density at radius 1 is 0.758 bits per heavy atom. The van der Waals surface area contributed by atoms with Crippen LogP contribution in [0.25, 0.3) is 11.3 Å². The summed E-state index contributed by atoms with van der Waals surface area (Å²) in [5.41, 5.74) is 3.16. The Balaban J connectivity index is 1.11. The van der Waals surface area contributed by atoms with Gasteiger partial charge in [-0.2, -0.15) is 0 Å². The summed E-state index contributed by atoms with van der Waals surface area (Å²) in [5, 5.41) is 0. The van der Waals surface area contributed by atoms with Gasteiger partial charge in [0.25, 0.3) is 0 Å². The van der Waals surface area contributed by atoms with E-state index in [1.165, 1.54) is 5.69 Å². The van der Waals surface area contributed by atoms with E-state index in [1.807, 2.05) is 35.4 Å². The van der Waals surface area contributed by atoms with E-state index in [0.717, 1.165) is 69.6 Å². The minimum atomic E-state index is 0.229. The van der Waals surface area contributed by atoms with E-state index in [0.29, 0.717) is 6.54 Å². The molecule has 2 fully saturated rings. The van der Waals surface area contributed by atoms with E-state index in [2.05, 4.69) is 48.9 Å². The van der Waals surface area contributed by atoms with Crippen LogP contribution in [0.4, 0.5) is 11.6 Å². The van der Waals surface area contributed by atoms with Gasteiger partial charge in [0.15, 0.2) is 0 Å². The van der Waals surface area contributed by atoms with E-state index >= 15 is 0 Å². The predicted octanol–water partition coefficient (Wildman–Crippen LogP) is 2.01. The molecule has 2 aliphatic heterocycles. The molecule has 1 amide bonds. The summed E-state index contributed by atoms with van der Waals surface area (Å²) < 4.78 is 0. The predicted molar refractivity (Wildman–Crippen MR) is 129 cm³/mol. The SMILES string of the molecule is O=C(CN1CCN(c2nccc(-c3ccncc3)n2)CC1)N1CCN(c2ccccc2)CC1. The molecule has 2 saturated heterocycles. The summed E-state index contributed by atoms with van der Waals surface area (Å²) >= 11 is 0. The lowest BCUT2D eigenvalue weighted by molar-refractivity contribution is -0.132. The third-order valence-corrected chi connectivity index (χ3v) is 6.39. The van der Waals surface area contributed by atoms with Crippen LogP contribution >= 0.6 is 0 Å². The topological polar surface area (TPSA) is 68.7 Å². The molecule has 33 heavy (non-hydrogen) atoms. The molecule has 5 rings (SSSR count). The molecular weight excluding hydrogens is 414 g/mol. The van der Waals surface area contributed by atoms with Crippen molar-refractivity contribution < 1.29 is 4.79 Å². The maximum Gasteiger partial charge on any atom is 0.236 e. The molecule has 8 nitrogen and oxygen atoms in total. The average molecular weight is 444 g/mol. The Morgan fingerprint density at radius 2 is 1.45 bits per heavy atom. The number of para-hydroxylation sites is 1. The first-order valence-electron chi connectivity index (χ1n) is 11.5. The van der Waals surface area contributed by atoms with E-state index in [9.17, 15) is 4.79 Å². The number of hydrogen-bond donors (Lipinski definition) is 0. The summed E-state index contributed by atoms with van der Waals surface area (Å²) in [6.07, 6.45) is 5.35. The Kier molecular flexibility index (Phi) is 6.44. The maximum atomic E-state index is 12.9. The van der Waals surface area contributed by atoms with Crippen molar-refractivity contribution in [2.45, 2.75) is 0 Å². The Morgan fingerprint density at radius 3 is 2.18 bits per heavy atom. The lowest BCUT2D eigenvalue weighted by atomic mass is 10.2. The van der Waals surface area contributed by atoms with Gasteiger partial charge in [-0.15, -0.1) is 0 Å². The fourth-order valence-corrected chi connectivity index (χ4v) is 4.43. The van der Waals surface area contributed by atoms with Gasteiger partial charge in [0.2, 0.25) is 11.9 Å². The van der Waals surface area contributed by atoms with Crippen LogP contribution in [0.3, 0.4) is 0 Å². The molecule has 0 aliphatic carbocycles. The molecule has 2 aromatic heterocycles. The highest BCUT2D eigenvalue weighted by atomic mass is 16.2. The number of aromatic nitrogens is 3. The van der Waals surface area contributed by atoms with E-state index in [4.69, 9.17) is 4.98 Å². The van der Waals surface area contributed by atoms with Gasteiger partial charge in [-0.3, -0.25) is 14.7 Å². The first-order chi connectivity index (χ1) is 16.3. The molecule has 0 bridgehead atoms. The second kappa shape index (κ2) is 9.95. The monoisotopic (exact) mass is 443 g/mol. The van der Waals surface area contributed by atoms with Crippen LogP contribution in [-0.4, -0.2) is 89.6 Å². The van der Waals surface area contributed by atoms with Gasteiger partial charge in [0, 0.05) is 82.2 Å². The molecule has 0 saturated carbocycles. The largest absolute Gasteiger partial charge is 0.368 e.